The number of thioether (sulfide) groups is 1. The first-order chi connectivity index (χ1) is 15.2. The Kier molecular flexibility index (Phi) is 5.71. The molecule has 1 unspecified atom stereocenters. The van der Waals surface area contributed by atoms with Crippen molar-refractivity contribution < 1.29 is 22.8 Å². The fraction of sp³-hybridized carbons (Fsp3) is 0.462. The molecule has 2 aromatic rings. The van der Waals surface area contributed by atoms with Crippen molar-refractivity contribution in [2.45, 2.75) is 76.1 Å². The van der Waals surface area contributed by atoms with Crippen molar-refractivity contribution in [1.82, 2.24) is 5.32 Å². The second kappa shape index (κ2) is 7.90. The number of benzene rings is 2. The summed E-state index contributed by atoms with van der Waals surface area (Å²) in [6.07, 6.45) is -2.38. The number of amides is 2. The van der Waals surface area contributed by atoms with Crippen molar-refractivity contribution in [3.05, 3.63) is 58.1 Å². The Labute approximate surface area is 196 Å². The molecule has 1 N–H and O–H groups in total. The van der Waals surface area contributed by atoms with Crippen LogP contribution in [0.3, 0.4) is 0 Å². The number of nitrogens with one attached hydrogen (secondary N) is 1. The molecule has 0 saturated carbocycles. The number of hydrogen-bond donors (Lipinski definition) is 1. The van der Waals surface area contributed by atoms with Gasteiger partial charge in [0.15, 0.2) is 0 Å². The lowest BCUT2D eigenvalue weighted by atomic mass is 9.62. The third-order valence-electron chi connectivity index (χ3n) is 7.07. The van der Waals surface area contributed by atoms with Crippen LogP contribution in [0.15, 0.2) is 30.3 Å². The van der Waals surface area contributed by atoms with Crippen LogP contribution in [0.4, 0.5) is 18.0 Å². The van der Waals surface area contributed by atoms with Crippen LogP contribution in [-0.4, -0.2) is 16.4 Å². The summed E-state index contributed by atoms with van der Waals surface area (Å²) in [6, 6.07) is 8.40. The van der Waals surface area contributed by atoms with Crippen LogP contribution in [-0.2, 0) is 28.2 Å². The maximum Gasteiger partial charge on any atom is 0.417 e. The highest BCUT2D eigenvalue weighted by molar-refractivity contribution is 8.15. The Bertz CT molecular complexity index is 1150. The number of hydrogen-bond acceptors (Lipinski definition) is 3. The number of alkyl halides is 3. The second-order valence-corrected chi connectivity index (χ2v) is 11.6. The van der Waals surface area contributed by atoms with E-state index in [0.717, 1.165) is 41.3 Å². The molecule has 2 amide bonds. The van der Waals surface area contributed by atoms with Crippen LogP contribution in [0.5, 0.6) is 0 Å². The summed E-state index contributed by atoms with van der Waals surface area (Å²) in [5, 5.41) is 1.38. The Hall–Kier alpha value is -2.28. The molecule has 3 nitrogen and oxygen atoms in total. The molecule has 0 aromatic heterocycles. The molecule has 1 aliphatic carbocycles. The first-order valence-electron chi connectivity index (χ1n) is 11.1. The molecule has 1 fully saturated rings. The van der Waals surface area contributed by atoms with E-state index in [4.69, 9.17) is 0 Å². The van der Waals surface area contributed by atoms with E-state index in [2.05, 4.69) is 19.2 Å². The van der Waals surface area contributed by atoms with Crippen LogP contribution in [0, 0.1) is 6.92 Å². The molecule has 1 aliphatic heterocycles. The van der Waals surface area contributed by atoms with E-state index in [1.807, 2.05) is 19.9 Å². The molecule has 33 heavy (non-hydrogen) atoms. The molecular weight excluding hydrogens is 447 g/mol. The molecule has 1 heterocycles. The number of carbonyl (C=O) groups is 2. The van der Waals surface area contributed by atoms with Crippen molar-refractivity contribution in [2.75, 3.05) is 0 Å². The zero-order valence-corrected chi connectivity index (χ0v) is 20.3. The summed E-state index contributed by atoms with van der Waals surface area (Å²) >= 11 is 0.947. The summed E-state index contributed by atoms with van der Waals surface area (Å²) in [7, 11) is 0. The number of fused-ring (bicyclic) bond motifs is 1. The predicted molar refractivity (Wildman–Crippen MR) is 126 cm³/mol. The minimum atomic E-state index is -4.48. The van der Waals surface area contributed by atoms with Gasteiger partial charge in [-0.25, -0.2) is 0 Å². The van der Waals surface area contributed by atoms with E-state index < -0.39 is 17.0 Å². The lowest BCUT2D eigenvalue weighted by molar-refractivity contribution is -0.137. The molecule has 176 valence electrons. The van der Waals surface area contributed by atoms with E-state index in [9.17, 15) is 22.8 Å². The van der Waals surface area contributed by atoms with Crippen LogP contribution in [0.25, 0.3) is 11.1 Å². The van der Waals surface area contributed by atoms with Crippen LogP contribution < -0.4 is 5.32 Å². The van der Waals surface area contributed by atoms with Crippen molar-refractivity contribution in [3.63, 3.8) is 0 Å². The molecule has 4 rings (SSSR count). The van der Waals surface area contributed by atoms with Crippen molar-refractivity contribution >= 4 is 22.9 Å². The largest absolute Gasteiger partial charge is 0.417 e. The van der Waals surface area contributed by atoms with Gasteiger partial charge in [-0.15, -0.1) is 0 Å². The molecule has 2 aromatic carbocycles. The molecule has 0 spiro atoms. The highest BCUT2D eigenvalue weighted by Crippen LogP contribution is 2.50. The highest BCUT2D eigenvalue weighted by Gasteiger charge is 2.42. The van der Waals surface area contributed by atoms with E-state index in [0.29, 0.717) is 17.5 Å². The SMILES string of the molecule is Cc1cc(CC2SC(=O)NC2=O)ccc1-c1cc2c(cc1C(F)(F)F)C(C)(C)CCC2(C)C. The Morgan fingerprint density at radius 2 is 1.58 bits per heavy atom. The van der Waals surface area contributed by atoms with Gasteiger partial charge in [0.25, 0.3) is 5.24 Å². The number of carbonyl (C=O) groups excluding carboxylic acids is 2. The number of aryl methyl sites for hydroxylation is 1. The van der Waals surface area contributed by atoms with Gasteiger partial charge < -0.3 is 0 Å². The number of imide groups is 1. The summed E-state index contributed by atoms with van der Waals surface area (Å²) in [4.78, 5) is 23.3. The van der Waals surface area contributed by atoms with Crippen molar-refractivity contribution in [1.29, 1.82) is 0 Å². The first kappa shape index (κ1) is 23.9. The molecular formula is C26H28F3NO2S. The molecule has 1 saturated heterocycles. The van der Waals surface area contributed by atoms with Gasteiger partial charge in [-0.05, 0) is 82.5 Å². The monoisotopic (exact) mass is 475 g/mol. The van der Waals surface area contributed by atoms with Gasteiger partial charge in [0.1, 0.15) is 0 Å². The van der Waals surface area contributed by atoms with E-state index >= 15 is 0 Å². The van der Waals surface area contributed by atoms with Crippen LogP contribution in [0.1, 0.15) is 68.4 Å². The maximum absolute atomic E-state index is 14.2. The summed E-state index contributed by atoms with van der Waals surface area (Å²) < 4.78 is 42.7. The van der Waals surface area contributed by atoms with E-state index in [1.165, 1.54) is 6.07 Å². The van der Waals surface area contributed by atoms with E-state index in [1.54, 1.807) is 25.1 Å². The van der Waals surface area contributed by atoms with Gasteiger partial charge in [0.05, 0.1) is 10.8 Å². The fourth-order valence-electron chi connectivity index (χ4n) is 4.97. The van der Waals surface area contributed by atoms with Gasteiger partial charge in [0.2, 0.25) is 5.91 Å². The number of rotatable bonds is 3. The Morgan fingerprint density at radius 1 is 0.970 bits per heavy atom. The number of halogens is 3. The minimum Gasteiger partial charge on any atom is -0.286 e. The molecule has 1 atom stereocenters. The molecule has 0 bridgehead atoms. The highest BCUT2D eigenvalue weighted by atomic mass is 32.2. The third kappa shape index (κ3) is 4.44. The summed E-state index contributed by atoms with van der Waals surface area (Å²) in [6.45, 7) is 10.0. The lowest BCUT2D eigenvalue weighted by Gasteiger charge is -2.42. The lowest BCUT2D eigenvalue weighted by Crippen LogP contribution is -2.34. The second-order valence-electron chi connectivity index (χ2n) is 10.4. The van der Waals surface area contributed by atoms with Crippen molar-refractivity contribution in [2.24, 2.45) is 0 Å². The standard InChI is InChI=1S/C26H28F3NO2S/c1-14-10-15(11-21-22(31)30-23(32)33-21)6-7-16(14)17-12-19-20(13-18(17)26(27,28)29)25(4,5)9-8-24(19,2)3/h6-7,10,12-13,21H,8-9,11H2,1-5H3,(H,30,31,32). The normalized spacial score (nSPS) is 21.6. The minimum absolute atomic E-state index is 0.194. The molecule has 2 aliphatic rings. The summed E-state index contributed by atoms with van der Waals surface area (Å²) in [5.41, 5.74) is 2.86. The third-order valence-corrected chi connectivity index (χ3v) is 8.05. The predicted octanol–water partition coefficient (Wildman–Crippen LogP) is 6.92. The van der Waals surface area contributed by atoms with Gasteiger partial charge >= 0.3 is 6.18 Å². The fourth-order valence-corrected chi connectivity index (χ4v) is 5.83. The maximum atomic E-state index is 14.2. The van der Waals surface area contributed by atoms with Gasteiger partial charge in [-0.3, -0.25) is 14.9 Å². The van der Waals surface area contributed by atoms with Crippen LogP contribution >= 0.6 is 11.8 Å². The Balaban J connectivity index is 1.81. The zero-order chi connectivity index (χ0) is 24.3. The average molecular weight is 476 g/mol. The summed E-state index contributed by atoms with van der Waals surface area (Å²) in [5.74, 6) is -0.328. The Morgan fingerprint density at radius 3 is 2.09 bits per heavy atom. The topological polar surface area (TPSA) is 46.2 Å². The first-order valence-corrected chi connectivity index (χ1v) is 11.9. The molecule has 7 heteroatoms. The van der Waals surface area contributed by atoms with Gasteiger partial charge in [0, 0.05) is 0 Å². The van der Waals surface area contributed by atoms with E-state index in [-0.39, 0.29) is 27.5 Å². The van der Waals surface area contributed by atoms with Gasteiger partial charge in [-0.1, -0.05) is 57.7 Å². The quantitative estimate of drug-likeness (QED) is 0.524. The smallest absolute Gasteiger partial charge is 0.286 e. The zero-order valence-electron chi connectivity index (χ0n) is 19.4. The van der Waals surface area contributed by atoms with Crippen molar-refractivity contribution in [3.8, 4) is 11.1 Å². The van der Waals surface area contributed by atoms with Crippen LogP contribution in [0.2, 0.25) is 0 Å². The average Bonchev–Trinajstić information content (AvgIpc) is 3.01. The molecule has 0 radical (unpaired) electrons. The van der Waals surface area contributed by atoms with Gasteiger partial charge in [-0.2, -0.15) is 13.2 Å².